The summed E-state index contributed by atoms with van der Waals surface area (Å²) in [6, 6.07) is 7.29. The fraction of sp³-hybridized carbons (Fsp3) is 0.438. The number of hydrogen-bond donors (Lipinski definition) is 2. The number of likely N-dealkylation sites (tertiary alicyclic amines) is 1. The number of carbonyl (C=O) groups excluding carboxylic acids is 1. The van der Waals surface area contributed by atoms with Crippen LogP contribution in [0.2, 0.25) is 0 Å². The number of aliphatic hydroxyl groups is 1. The summed E-state index contributed by atoms with van der Waals surface area (Å²) < 4.78 is 0. The number of aromatic nitrogens is 3. The second-order valence-corrected chi connectivity index (χ2v) is 6.14. The molecule has 0 saturated carbocycles. The van der Waals surface area contributed by atoms with Crippen LogP contribution in [0.3, 0.4) is 0 Å². The normalized spacial score (nSPS) is 25.2. The van der Waals surface area contributed by atoms with Crippen LogP contribution in [-0.4, -0.2) is 49.8 Å². The van der Waals surface area contributed by atoms with Gasteiger partial charge in [0.15, 0.2) is 0 Å². The Morgan fingerprint density at radius 2 is 2.27 bits per heavy atom. The molecule has 1 saturated heterocycles. The number of rotatable bonds is 2. The molecule has 0 radical (unpaired) electrons. The zero-order valence-electron chi connectivity index (χ0n) is 12.8. The number of hydrogen-bond acceptors (Lipinski definition) is 4. The summed E-state index contributed by atoms with van der Waals surface area (Å²) in [6.45, 7) is 4.89. The molecular formula is C16H20N4O2. The van der Waals surface area contributed by atoms with Gasteiger partial charge in [-0.25, -0.2) is 0 Å². The molecule has 0 aliphatic carbocycles. The Labute approximate surface area is 129 Å². The monoisotopic (exact) mass is 300 g/mol. The van der Waals surface area contributed by atoms with Crippen LogP contribution in [0, 0.1) is 5.92 Å². The highest BCUT2D eigenvalue weighted by atomic mass is 16.3. The molecule has 22 heavy (non-hydrogen) atoms. The highest BCUT2D eigenvalue weighted by molar-refractivity contribution is 5.93. The molecule has 3 heterocycles. The first-order valence-electron chi connectivity index (χ1n) is 7.46. The molecule has 6 nitrogen and oxygen atoms in total. The van der Waals surface area contributed by atoms with Crippen LogP contribution in [0.15, 0.2) is 30.5 Å². The van der Waals surface area contributed by atoms with E-state index in [1.54, 1.807) is 17.2 Å². The average molecular weight is 300 g/mol. The quantitative estimate of drug-likeness (QED) is 0.884. The Bertz CT molecular complexity index is 666. The lowest BCUT2D eigenvalue weighted by atomic mass is 9.84. The molecule has 1 amide bonds. The smallest absolute Gasteiger partial charge is 0.271 e. The van der Waals surface area contributed by atoms with E-state index in [1.165, 1.54) is 0 Å². The van der Waals surface area contributed by atoms with Crippen LogP contribution in [-0.2, 0) is 0 Å². The maximum Gasteiger partial charge on any atom is 0.271 e. The molecule has 0 spiro atoms. The molecule has 2 aromatic rings. The summed E-state index contributed by atoms with van der Waals surface area (Å²) in [4.78, 5) is 18.5. The summed E-state index contributed by atoms with van der Waals surface area (Å²) in [7, 11) is 0. The third kappa shape index (κ3) is 2.74. The number of H-pyrrole nitrogens is 1. The molecule has 1 unspecified atom stereocenters. The van der Waals surface area contributed by atoms with Gasteiger partial charge in [0.2, 0.25) is 0 Å². The van der Waals surface area contributed by atoms with Gasteiger partial charge in [-0.2, -0.15) is 5.10 Å². The first-order chi connectivity index (χ1) is 10.5. The van der Waals surface area contributed by atoms with Crippen molar-refractivity contribution in [1.29, 1.82) is 0 Å². The van der Waals surface area contributed by atoms with Crippen molar-refractivity contribution in [3.8, 4) is 11.4 Å². The van der Waals surface area contributed by atoms with Crippen molar-refractivity contribution < 1.29 is 9.90 Å². The fourth-order valence-corrected chi connectivity index (χ4v) is 2.66. The minimum Gasteiger partial charge on any atom is -0.390 e. The van der Waals surface area contributed by atoms with E-state index in [4.69, 9.17) is 0 Å². The third-order valence-corrected chi connectivity index (χ3v) is 4.47. The largest absolute Gasteiger partial charge is 0.390 e. The molecule has 1 aliphatic rings. The van der Waals surface area contributed by atoms with Crippen molar-refractivity contribution in [3.05, 3.63) is 36.2 Å². The Kier molecular flexibility index (Phi) is 3.70. The summed E-state index contributed by atoms with van der Waals surface area (Å²) in [5.74, 6) is -0.0413. The summed E-state index contributed by atoms with van der Waals surface area (Å²) >= 11 is 0. The van der Waals surface area contributed by atoms with Crippen LogP contribution in [0.25, 0.3) is 11.4 Å². The zero-order chi connectivity index (χ0) is 15.7. The van der Waals surface area contributed by atoms with Crippen LogP contribution in [0.4, 0.5) is 0 Å². The Morgan fingerprint density at radius 3 is 2.95 bits per heavy atom. The lowest BCUT2D eigenvalue weighted by molar-refractivity contribution is -0.0440. The standard InChI is InChI=1S/C16H20N4O2/c1-11-10-20(8-6-16(11,2)22)15(21)14-9-13(18-19-14)12-5-3-4-7-17-12/h3-5,7,9,11,22H,6,8,10H2,1-2H3,(H,18,19)/t11?,16-/m0/s1. The van der Waals surface area contributed by atoms with Gasteiger partial charge in [0, 0.05) is 25.2 Å². The Hall–Kier alpha value is -2.21. The highest BCUT2D eigenvalue weighted by Crippen LogP contribution is 2.28. The van der Waals surface area contributed by atoms with E-state index in [0.29, 0.717) is 30.9 Å². The van der Waals surface area contributed by atoms with E-state index in [9.17, 15) is 9.90 Å². The van der Waals surface area contributed by atoms with E-state index in [-0.39, 0.29) is 11.8 Å². The van der Waals surface area contributed by atoms with Crippen LogP contribution in [0.5, 0.6) is 0 Å². The third-order valence-electron chi connectivity index (χ3n) is 4.47. The minimum atomic E-state index is -0.704. The second kappa shape index (κ2) is 5.53. The molecule has 1 fully saturated rings. The van der Waals surface area contributed by atoms with Gasteiger partial charge < -0.3 is 10.0 Å². The van der Waals surface area contributed by atoms with Crippen LogP contribution < -0.4 is 0 Å². The maximum atomic E-state index is 12.6. The molecule has 116 valence electrons. The molecular weight excluding hydrogens is 280 g/mol. The molecule has 0 aromatic carbocycles. The molecule has 2 N–H and O–H groups in total. The second-order valence-electron chi connectivity index (χ2n) is 6.14. The Balaban J connectivity index is 1.75. The van der Waals surface area contributed by atoms with Gasteiger partial charge in [-0.1, -0.05) is 13.0 Å². The zero-order valence-corrected chi connectivity index (χ0v) is 12.8. The molecule has 0 bridgehead atoms. The number of piperidine rings is 1. The average Bonchev–Trinajstić information content (AvgIpc) is 3.00. The van der Waals surface area contributed by atoms with E-state index < -0.39 is 5.60 Å². The first-order valence-corrected chi connectivity index (χ1v) is 7.46. The number of carbonyl (C=O) groups is 1. The topological polar surface area (TPSA) is 82.1 Å². The van der Waals surface area contributed by atoms with E-state index in [0.717, 1.165) is 5.69 Å². The van der Waals surface area contributed by atoms with Gasteiger partial charge in [-0.15, -0.1) is 0 Å². The predicted octanol–water partition coefficient (Wildman–Crippen LogP) is 1.70. The molecule has 1 aliphatic heterocycles. The van der Waals surface area contributed by atoms with Crippen molar-refractivity contribution in [2.24, 2.45) is 5.92 Å². The fourth-order valence-electron chi connectivity index (χ4n) is 2.66. The molecule has 3 rings (SSSR count). The van der Waals surface area contributed by atoms with Crippen molar-refractivity contribution in [1.82, 2.24) is 20.1 Å². The number of amides is 1. The van der Waals surface area contributed by atoms with Crippen LogP contribution >= 0.6 is 0 Å². The molecule has 2 atom stereocenters. The van der Waals surface area contributed by atoms with Gasteiger partial charge in [0.1, 0.15) is 11.4 Å². The van der Waals surface area contributed by atoms with Crippen molar-refractivity contribution in [2.75, 3.05) is 13.1 Å². The van der Waals surface area contributed by atoms with Gasteiger partial charge in [-0.3, -0.25) is 14.9 Å². The van der Waals surface area contributed by atoms with Gasteiger partial charge in [-0.05, 0) is 31.5 Å². The van der Waals surface area contributed by atoms with Gasteiger partial charge in [0.05, 0.1) is 11.3 Å². The predicted molar refractivity (Wildman–Crippen MR) is 82.1 cm³/mol. The maximum absolute atomic E-state index is 12.6. The summed E-state index contributed by atoms with van der Waals surface area (Å²) in [5, 5.41) is 17.2. The van der Waals surface area contributed by atoms with Gasteiger partial charge >= 0.3 is 0 Å². The summed E-state index contributed by atoms with van der Waals surface area (Å²) in [6.07, 6.45) is 2.28. The first kappa shape index (κ1) is 14.7. The van der Waals surface area contributed by atoms with E-state index in [1.807, 2.05) is 32.0 Å². The van der Waals surface area contributed by atoms with Crippen molar-refractivity contribution in [3.63, 3.8) is 0 Å². The van der Waals surface area contributed by atoms with Crippen molar-refractivity contribution >= 4 is 5.91 Å². The number of nitrogens with one attached hydrogen (secondary N) is 1. The van der Waals surface area contributed by atoms with E-state index in [2.05, 4.69) is 15.2 Å². The van der Waals surface area contributed by atoms with Crippen LogP contribution in [0.1, 0.15) is 30.8 Å². The van der Waals surface area contributed by atoms with Crippen molar-refractivity contribution in [2.45, 2.75) is 25.9 Å². The van der Waals surface area contributed by atoms with E-state index >= 15 is 0 Å². The molecule has 2 aromatic heterocycles. The minimum absolute atomic E-state index is 0.0448. The lowest BCUT2D eigenvalue weighted by Crippen LogP contribution is -2.50. The molecule has 6 heteroatoms. The Morgan fingerprint density at radius 1 is 1.45 bits per heavy atom. The SMILES string of the molecule is CC1CN(C(=O)c2cc(-c3ccccn3)n[nH]2)CC[C@]1(C)O. The number of aromatic amines is 1. The summed E-state index contributed by atoms with van der Waals surface area (Å²) in [5.41, 5.74) is 1.13. The number of pyridine rings is 1. The van der Waals surface area contributed by atoms with Gasteiger partial charge in [0.25, 0.3) is 5.91 Å². The number of nitrogens with zero attached hydrogens (tertiary/aromatic N) is 3. The highest BCUT2D eigenvalue weighted by Gasteiger charge is 2.36. The lowest BCUT2D eigenvalue weighted by Gasteiger charge is -2.40.